The first-order valence-electron chi connectivity index (χ1n) is 4.41. The van der Waals surface area contributed by atoms with Gasteiger partial charge in [-0.15, -0.1) is 0 Å². The Bertz CT molecular complexity index is 456. The lowest BCUT2D eigenvalue weighted by Crippen LogP contribution is -2.12. The maximum atomic E-state index is 13.6. The monoisotopic (exact) mass is 225 g/mol. The van der Waals surface area contributed by atoms with Crippen LogP contribution in [0.2, 0.25) is 5.02 Å². The Morgan fingerprint density at radius 3 is 2.80 bits per heavy atom. The molecule has 0 spiro atoms. The van der Waals surface area contributed by atoms with Crippen molar-refractivity contribution in [3.8, 4) is 0 Å². The molecule has 1 aromatic heterocycles. The van der Waals surface area contributed by atoms with Gasteiger partial charge in [0.25, 0.3) is 0 Å². The minimum atomic E-state index is -0.553. The second kappa shape index (κ2) is 4.04. The van der Waals surface area contributed by atoms with Crippen LogP contribution in [0.15, 0.2) is 41.2 Å². The Labute approximate surface area is 91.5 Å². The molecule has 1 heterocycles. The van der Waals surface area contributed by atoms with Gasteiger partial charge in [0.05, 0.1) is 23.6 Å². The first-order valence-corrected chi connectivity index (χ1v) is 4.79. The molecule has 2 rings (SSSR count). The molecule has 1 aromatic carbocycles. The fraction of sp³-hybridized carbons (Fsp3) is 0.0909. The predicted molar refractivity (Wildman–Crippen MR) is 56.1 cm³/mol. The Morgan fingerprint density at radius 2 is 2.13 bits per heavy atom. The summed E-state index contributed by atoms with van der Waals surface area (Å²) in [6.45, 7) is 0. The summed E-state index contributed by atoms with van der Waals surface area (Å²) in [7, 11) is 0. The average molecular weight is 226 g/mol. The molecule has 2 nitrogen and oxygen atoms in total. The van der Waals surface area contributed by atoms with E-state index >= 15 is 0 Å². The number of halogens is 2. The van der Waals surface area contributed by atoms with E-state index in [0.717, 1.165) is 5.56 Å². The van der Waals surface area contributed by atoms with Crippen molar-refractivity contribution in [1.82, 2.24) is 0 Å². The third kappa shape index (κ3) is 1.89. The highest BCUT2D eigenvalue weighted by atomic mass is 35.5. The zero-order valence-electron chi connectivity index (χ0n) is 7.78. The fourth-order valence-electron chi connectivity index (χ4n) is 1.39. The first kappa shape index (κ1) is 10.2. The highest BCUT2D eigenvalue weighted by Gasteiger charge is 2.16. The number of rotatable bonds is 2. The van der Waals surface area contributed by atoms with Crippen molar-refractivity contribution in [2.45, 2.75) is 6.04 Å². The van der Waals surface area contributed by atoms with Gasteiger partial charge in [-0.2, -0.15) is 0 Å². The van der Waals surface area contributed by atoms with Crippen LogP contribution in [0.25, 0.3) is 0 Å². The molecule has 0 saturated carbocycles. The highest BCUT2D eigenvalue weighted by Crippen LogP contribution is 2.26. The van der Waals surface area contributed by atoms with Crippen molar-refractivity contribution >= 4 is 11.6 Å². The zero-order chi connectivity index (χ0) is 10.8. The topological polar surface area (TPSA) is 39.2 Å². The van der Waals surface area contributed by atoms with Crippen molar-refractivity contribution in [2.24, 2.45) is 5.73 Å². The minimum Gasteiger partial charge on any atom is -0.472 e. The SMILES string of the molecule is NC(c1ccoc1)c1cccc(Cl)c1F. The van der Waals surface area contributed by atoms with Crippen molar-refractivity contribution in [3.63, 3.8) is 0 Å². The van der Waals surface area contributed by atoms with E-state index in [1.54, 1.807) is 18.2 Å². The van der Waals surface area contributed by atoms with Gasteiger partial charge in [-0.3, -0.25) is 0 Å². The second-order valence-electron chi connectivity index (χ2n) is 3.18. The van der Waals surface area contributed by atoms with Gasteiger partial charge in [0, 0.05) is 11.1 Å². The summed E-state index contributed by atoms with van der Waals surface area (Å²) >= 11 is 5.67. The molecule has 0 aliphatic heterocycles. The highest BCUT2D eigenvalue weighted by molar-refractivity contribution is 6.30. The van der Waals surface area contributed by atoms with Gasteiger partial charge in [0.1, 0.15) is 5.82 Å². The van der Waals surface area contributed by atoms with Crippen LogP contribution in [-0.4, -0.2) is 0 Å². The van der Waals surface area contributed by atoms with Gasteiger partial charge in [0.15, 0.2) is 0 Å². The van der Waals surface area contributed by atoms with Gasteiger partial charge in [-0.1, -0.05) is 23.7 Å². The summed E-state index contributed by atoms with van der Waals surface area (Å²) in [5.74, 6) is -0.479. The van der Waals surface area contributed by atoms with Crippen LogP contribution in [-0.2, 0) is 0 Å². The van der Waals surface area contributed by atoms with Crippen LogP contribution >= 0.6 is 11.6 Å². The van der Waals surface area contributed by atoms with Crippen LogP contribution in [0.3, 0.4) is 0 Å². The van der Waals surface area contributed by atoms with Gasteiger partial charge >= 0.3 is 0 Å². The van der Waals surface area contributed by atoms with E-state index < -0.39 is 11.9 Å². The lowest BCUT2D eigenvalue weighted by Gasteiger charge is -2.11. The number of hydrogen-bond acceptors (Lipinski definition) is 2. The summed E-state index contributed by atoms with van der Waals surface area (Å²) in [6, 6.07) is 5.91. The smallest absolute Gasteiger partial charge is 0.146 e. The number of nitrogens with two attached hydrogens (primary N) is 1. The van der Waals surface area contributed by atoms with Gasteiger partial charge in [-0.05, 0) is 12.1 Å². The van der Waals surface area contributed by atoms with Gasteiger partial charge < -0.3 is 10.2 Å². The van der Waals surface area contributed by atoms with E-state index in [-0.39, 0.29) is 5.02 Å². The maximum Gasteiger partial charge on any atom is 0.146 e. The standard InChI is InChI=1S/C11H9ClFNO/c12-9-3-1-2-8(10(9)13)11(14)7-4-5-15-6-7/h1-6,11H,14H2. The summed E-state index contributed by atoms with van der Waals surface area (Å²) in [5.41, 5.74) is 6.96. The van der Waals surface area contributed by atoms with E-state index in [2.05, 4.69) is 0 Å². The zero-order valence-corrected chi connectivity index (χ0v) is 8.54. The Morgan fingerprint density at radius 1 is 1.33 bits per heavy atom. The molecule has 0 saturated heterocycles. The molecule has 2 N–H and O–H groups in total. The maximum absolute atomic E-state index is 13.6. The molecule has 0 aliphatic carbocycles. The third-order valence-corrected chi connectivity index (χ3v) is 2.51. The number of benzene rings is 1. The molecule has 4 heteroatoms. The second-order valence-corrected chi connectivity index (χ2v) is 3.58. The van der Waals surface area contributed by atoms with E-state index in [4.69, 9.17) is 21.8 Å². The van der Waals surface area contributed by atoms with Crippen molar-refractivity contribution in [1.29, 1.82) is 0 Å². The van der Waals surface area contributed by atoms with Crippen molar-refractivity contribution < 1.29 is 8.81 Å². The molecule has 0 bridgehead atoms. The summed E-state index contributed by atoms with van der Waals surface area (Å²) in [5, 5.41) is 0.0754. The normalized spacial score (nSPS) is 12.7. The van der Waals surface area contributed by atoms with E-state index in [1.165, 1.54) is 18.6 Å². The summed E-state index contributed by atoms with van der Waals surface area (Å²) in [6.07, 6.45) is 2.99. The molecular weight excluding hydrogens is 217 g/mol. The van der Waals surface area contributed by atoms with Crippen molar-refractivity contribution in [3.05, 3.63) is 58.8 Å². The quantitative estimate of drug-likeness (QED) is 0.853. The molecule has 78 valence electrons. The van der Waals surface area contributed by atoms with Crippen LogP contribution < -0.4 is 5.73 Å². The fourth-order valence-corrected chi connectivity index (χ4v) is 1.57. The van der Waals surface area contributed by atoms with Crippen molar-refractivity contribution in [2.75, 3.05) is 0 Å². The molecule has 1 unspecified atom stereocenters. The van der Waals surface area contributed by atoms with Gasteiger partial charge in [0.2, 0.25) is 0 Å². The lowest BCUT2D eigenvalue weighted by molar-refractivity contribution is 0.559. The van der Waals surface area contributed by atoms with E-state index in [0.29, 0.717) is 5.56 Å². The average Bonchev–Trinajstić information content (AvgIpc) is 2.74. The molecule has 2 aromatic rings. The summed E-state index contributed by atoms with van der Waals surface area (Å²) < 4.78 is 18.5. The van der Waals surface area contributed by atoms with Crippen LogP contribution in [0.5, 0.6) is 0 Å². The third-order valence-electron chi connectivity index (χ3n) is 2.22. The van der Waals surface area contributed by atoms with Gasteiger partial charge in [-0.25, -0.2) is 4.39 Å². The molecule has 0 radical (unpaired) electrons. The molecule has 0 aliphatic rings. The summed E-state index contributed by atoms with van der Waals surface area (Å²) in [4.78, 5) is 0. The Kier molecular flexibility index (Phi) is 2.75. The van der Waals surface area contributed by atoms with E-state index in [9.17, 15) is 4.39 Å². The lowest BCUT2D eigenvalue weighted by atomic mass is 10.0. The molecule has 15 heavy (non-hydrogen) atoms. The molecular formula is C11H9ClFNO. The molecule has 0 amide bonds. The van der Waals surface area contributed by atoms with Crippen LogP contribution in [0.4, 0.5) is 4.39 Å². The molecule has 0 fully saturated rings. The minimum absolute atomic E-state index is 0.0754. The first-order chi connectivity index (χ1) is 7.20. The molecule has 1 atom stereocenters. The largest absolute Gasteiger partial charge is 0.472 e. The van der Waals surface area contributed by atoms with Crippen LogP contribution in [0.1, 0.15) is 17.2 Å². The Balaban J connectivity index is 2.42. The number of furan rings is 1. The predicted octanol–water partition coefficient (Wildman–Crippen LogP) is 3.12. The Hall–Kier alpha value is -1.32. The number of hydrogen-bond donors (Lipinski definition) is 1. The van der Waals surface area contributed by atoms with Crippen LogP contribution in [0, 0.1) is 5.82 Å². The van der Waals surface area contributed by atoms with E-state index in [1.807, 2.05) is 0 Å².